The molecule has 5 heteroatoms. The molecular weight excluding hydrogens is 266 g/mol. The maximum absolute atomic E-state index is 11.7. The van der Waals surface area contributed by atoms with Crippen molar-refractivity contribution >= 4 is 11.8 Å². The number of aromatic nitrogens is 1. The first-order chi connectivity index (χ1) is 10.3. The number of nitrogens with one attached hydrogen (secondary N) is 2. The summed E-state index contributed by atoms with van der Waals surface area (Å²) in [6, 6.07) is 3.33. The van der Waals surface area contributed by atoms with Crippen LogP contribution in [0, 0.1) is 5.92 Å². The van der Waals surface area contributed by atoms with Crippen molar-refractivity contribution in [2.24, 2.45) is 5.92 Å². The fourth-order valence-corrected chi connectivity index (χ4v) is 2.79. The van der Waals surface area contributed by atoms with E-state index in [4.69, 9.17) is 0 Å². The first kappa shape index (κ1) is 15.5. The van der Waals surface area contributed by atoms with Crippen molar-refractivity contribution < 1.29 is 9.59 Å². The van der Waals surface area contributed by atoms with Gasteiger partial charge in [0.15, 0.2) is 0 Å². The van der Waals surface area contributed by atoms with Crippen molar-refractivity contribution in [3.8, 4) is 0 Å². The second-order valence-electron chi connectivity index (χ2n) is 5.64. The van der Waals surface area contributed by atoms with E-state index in [0.29, 0.717) is 12.0 Å². The number of pyridine rings is 1. The summed E-state index contributed by atoms with van der Waals surface area (Å²) in [6.45, 7) is 0. The molecule has 1 saturated carbocycles. The van der Waals surface area contributed by atoms with Gasteiger partial charge in [0.2, 0.25) is 5.91 Å². The van der Waals surface area contributed by atoms with Crippen LogP contribution in [0.1, 0.15) is 61.7 Å². The SMILES string of the molecule is O=C(CCCC1CCCCC1)NNC(=O)c1cccnc1. The normalized spacial score (nSPS) is 15.4. The summed E-state index contributed by atoms with van der Waals surface area (Å²) < 4.78 is 0. The predicted molar refractivity (Wildman–Crippen MR) is 80.3 cm³/mol. The van der Waals surface area contributed by atoms with Crippen LogP contribution in [-0.2, 0) is 4.79 Å². The molecule has 0 radical (unpaired) electrons. The standard InChI is InChI=1S/C16H23N3O2/c20-15(10-4-8-13-6-2-1-3-7-13)18-19-16(21)14-9-5-11-17-12-14/h5,9,11-13H,1-4,6-8,10H2,(H,18,20)(H,19,21). The quantitative estimate of drug-likeness (QED) is 0.818. The van der Waals surface area contributed by atoms with Crippen LogP contribution in [0.3, 0.4) is 0 Å². The summed E-state index contributed by atoms with van der Waals surface area (Å²) in [5.74, 6) is 0.309. The van der Waals surface area contributed by atoms with Gasteiger partial charge < -0.3 is 0 Å². The Morgan fingerprint density at radius 2 is 2.00 bits per heavy atom. The van der Waals surface area contributed by atoms with Gasteiger partial charge >= 0.3 is 0 Å². The molecule has 1 aromatic heterocycles. The maximum Gasteiger partial charge on any atom is 0.271 e. The van der Waals surface area contributed by atoms with Crippen LogP contribution in [0.4, 0.5) is 0 Å². The third-order valence-electron chi connectivity index (χ3n) is 3.98. The van der Waals surface area contributed by atoms with Gasteiger partial charge in [-0.15, -0.1) is 0 Å². The van der Waals surface area contributed by atoms with E-state index in [9.17, 15) is 9.59 Å². The van der Waals surface area contributed by atoms with Gasteiger partial charge in [0.05, 0.1) is 5.56 Å². The first-order valence-electron chi connectivity index (χ1n) is 7.75. The van der Waals surface area contributed by atoms with E-state index in [0.717, 1.165) is 18.8 Å². The van der Waals surface area contributed by atoms with E-state index >= 15 is 0 Å². The highest BCUT2D eigenvalue weighted by Crippen LogP contribution is 2.27. The number of carbonyl (C=O) groups is 2. The van der Waals surface area contributed by atoms with Crippen molar-refractivity contribution in [1.82, 2.24) is 15.8 Å². The van der Waals surface area contributed by atoms with Crippen LogP contribution in [0.2, 0.25) is 0 Å². The number of carbonyl (C=O) groups excluding carboxylic acids is 2. The molecule has 1 fully saturated rings. The lowest BCUT2D eigenvalue weighted by atomic mass is 9.86. The zero-order valence-electron chi connectivity index (χ0n) is 12.3. The molecule has 0 unspecified atom stereocenters. The molecule has 114 valence electrons. The number of rotatable bonds is 5. The van der Waals surface area contributed by atoms with Crippen molar-refractivity contribution in [3.63, 3.8) is 0 Å². The fourth-order valence-electron chi connectivity index (χ4n) is 2.79. The van der Waals surface area contributed by atoms with Crippen molar-refractivity contribution in [1.29, 1.82) is 0 Å². The van der Waals surface area contributed by atoms with Gasteiger partial charge in [-0.3, -0.25) is 25.4 Å². The molecule has 0 spiro atoms. The van der Waals surface area contributed by atoms with Gasteiger partial charge in [-0.25, -0.2) is 0 Å². The molecule has 1 aliphatic rings. The molecule has 0 aromatic carbocycles. The molecule has 21 heavy (non-hydrogen) atoms. The average Bonchev–Trinajstić information content (AvgIpc) is 2.54. The maximum atomic E-state index is 11.7. The molecule has 1 aliphatic carbocycles. The van der Waals surface area contributed by atoms with Gasteiger partial charge in [0.1, 0.15) is 0 Å². The monoisotopic (exact) mass is 289 g/mol. The van der Waals surface area contributed by atoms with Crippen molar-refractivity contribution in [3.05, 3.63) is 30.1 Å². The molecular formula is C16H23N3O2. The average molecular weight is 289 g/mol. The highest BCUT2D eigenvalue weighted by molar-refractivity contribution is 5.94. The topological polar surface area (TPSA) is 71.1 Å². The Bertz CT molecular complexity index is 456. The minimum absolute atomic E-state index is 0.136. The second-order valence-corrected chi connectivity index (χ2v) is 5.64. The van der Waals surface area contributed by atoms with E-state index in [1.807, 2.05) is 0 Å². The first-order valence-corrected chi connectivity index (χ1v) is 7.75. The van der Waals surface area contributed by atoms with Crippen LogP contribution < -0.4 is 10.9 Å². The number of amides is 2. The van der Waals surface area contributed by atoms with Crippen molar-refractivity contribution in [2.75, 3.05) is 0 Å². The van der Waals surface area contributed by atoms with Crippen LogP contribution >= 0.6 is 0 Å². The lowest BCUT2D eigenvalue weighted by Crippen LogP contribution is -2.41. The minimum atomic E-state index is -0.344. The van der Waals surface area contributed by atoms with E-state index < -0.39 is 0 Å². The molecule has 0 atom stereocenters. The van der Waals surface area contributed by atoms with Gasteiger partial charge in [0.25, 0.3) is 5.91 Å². The highest BCUT2D eigenvalue weighted by Gasteiger charge is 2.13. The van der Waals surface area contributed by atoms with E-state index in [1.165, 1.54) is 38.3 Å². The van der Waals surface area contributed by atoms with Gasteiger partial charge in [-0.2, -0.15) is 0 Å². The Balaban J connectivity index is 1.60. The Morgan fingerprint density at radius 1 is 1.19 bits per heavy atom. The molecule has 0 saturated heterocycles. The molecule has 2 amide bonds. The molecule has 1 aromatic rings. The Hall–Kier alpha value is -1.91. The van der Waals surface area contributed by atoms with E-state index in [-0.39, 0.29) is 11.8 Å². The molecule has 5 nitrogen and oxygen atoms in total. The lowest BCUT2D eigenvalue weighted by Gasteiger charge is -2.21. The zero-order valence-corrected chi connectivity index (χ0v) is 12.3. The van der Waals surface area contributed by atoms with Crippen LogP contribution in [0.15, 0.2) is 24.5 Å². The summed E-state index contributed by atoms with van der Waals surface area (Å²) in [4.78, 5) is 27.2. The zero-order chi connectivity index (χ0) is 14.9. The third-order valence-corrected chi connectivity index (χ3v) is 3.98. The van der Waals surface area contributed by atoms with Gasteiger partial charge in [-0.05, 0) is 30.9 Å². The minimum Gasteiger partial charge on any atom is -0.273 e. The van der Waals surface area contributed by atoms with Gasteiger partial charge in [0, 0.05) is 18.8 Å². The van der Waals surface area contributed by atoms with Gasteiger partial charge in [-0.1, -0.05) is 32.1 Å². The summed E-state index contributed by atoms with van der Waals surface area (Å²) in [5, 5.41) is 0. The van der Waals surface area contributed by atoms with Crippen molar-refractivity contribution in [2.45, 2.75) is 51.4 Å². The lowest BCUT2D eigenvalue weighted by molar-refractivity contribution is -0.122. The Morgan fingerprint density at radius 3 is 2.71 bits per heavy atom. The smallest absolute Gasteiger partial charge is 0.271 e. The molecule has 2 rings (SSSR count). The van der Waals surface area contributed by atoms with E-state index in [2.05, 4.69) is 15.8 Å². The van der Waals surface area contributed by atoms with E-state index in [1.54, 1.807) is 18.3 Å². The predicted octanol–water partition coefficient (Wildman–Crippen LogP) is 2.59. The van der Waals surface area contributed by atoms with Crippen LogP contribution in [-0.4, -0.2) is 16.8 Å². The number of hydrazine groups is 1. The highest BCUT2D eigenvalue weighted by atomic mass is 16.2. The van der Waals surface area contributed by atoms with Crippen LogP contribution in [0.25, 0.3) is 0 Å². The number of nitrogens with zero attached hydrogens (tertiary/aromatic N) is 1. The molecule has 0 bridgehead atoms. The summed E-state index contributed by atoms with van der Waals surface area (Å²) in [5.41, 5.74) is 5.29. The largest absolute Gasteiger partial charge is 0.273 e. The number of hydrogen-bond acceptors (Lipinski definition) is 3. The molecule has 2 N–H and O–H groups in total. The summed E-state index contributed by atoms with van der Waals surface area (Å²) >= 11 is 0. The fraction of sp³-hybridized carbons (Fsp3) is 0.562. The Kier molecular flexibility index (Phi) is 6.19. The summed E-state index contributed by atoms with van der Waals surface area (Å²) in [6.07, 6.45) is 12.2. The Labute approximate surface area is 125 Å². The number of hydrogen-bond donors (Lipinski definition) is 2. The second kappa shape index (κ2) is 8.39. The summed E-state index contributed by atoms with van der Waals surface area (Å²) in [7, 11) is 0. The van der Waals surface area contributed by atoms with Crippen LogP contribution in [0.5, 0.6) is 0 Å². The third kappa shape index (κ3) is 5.53. The molecule has 1 heterocycles. The molecule has 0 aliphatic heterocycles.